The predicted octanol–water partition coefficient (Wildman–Crippen LogP) is 12.4. The van der Waals surface area contributed by atoms with Crippen molar-refractivity contribution in [2.75, 3.05) is 0 Å². The lowest BCUT2D eigenvalue weighted by molar-refractivity contribution is 0.620. The Morgan fingerprint density at radius 3 is 1.75 bits per heavy atom. The van der Waals surface area contributed by atoms with Crippen LogP contribution in [0, 0.1) is 0 Å². The second-order valence-electron chi connectivity index (χ2n) is 12.7. The highest BCUT2D eigenvalue weighted by atomic mass is 32.1. The van der Waals surface area contributed by atoms with Crippen molar-refractivity contribution in [1.29, 1.82) is 0 Å². The van der Waals surface area contributed by atoms with E-state index in [1.807, 2.05) is 65.9 Å². The lowest BCUT2D eigenvalue weighted by atomic mass is 10.0. The molecule has 0 saturated carbocycles. The minimum Gasteiger partial charge on any atom is -0.436 e. The fourth-order valence-electron chi connectivity index (χ4n) is 6.84. The molecule has 0 aliphatic rings. The van der Waals surface area contributed by atoms with Crippen LogP contribution >= 0.6 is 11.3 Å². The van der Waals surface area contributed by atoms with Crippen LogP contribution in [0.15, 0.2) is 174 Å². The Kier molecular flexibility index (Phi) is 7.25. The van der Waals surface area contributed by atoms with E-state index in [4.69, 9.17) is 24.4 Å². The highest BCUT2D eigenvalue weighted by molar-refractivity contribution is 7.26. The molecule has 0 bridgehead atoms. The van der Waals surface area contributed by atoms with Gasteiger partial charge in [-0.3, -0.25) is 0 Å². The molecule has 3 aromatic heterocycles. The number of hydrogen-bond acceptors (Lipinski definition) is 6. The van der Waals surface area contributed by atoms with Gasteiger partial charge < -0.3 is 4.42 Å². The Balaban J connectivity index is 1.16. The van der Waals surface area contributed by atoms with E-state index in [9.17, 15) is 0 Å². The first-order chi connectivity index (χ1) is 25.7. The molecular weight excluding hydrogens is 657 g/mol. The van der Waals surface area contributed by atoms with Crippen LogP contribution in [0.3, 0.4) is 0 Å². The van der Waals surface area contributed by atoms with Crippen molar-refractivity contribution in [3.63, 3.8) is 0 Å². The molecule has 0 atom stereocenters. The summed E-state index contributed by atoms with van der Waals surface area (Å²) in [6, 6.07) is 58.2. The van der Waals surface area contributed by atoms with E-state index in [-0.39, 0.29) is 0 Å². The minimum atomic E-state index is 0.533. The minimum absolute atomic E-state index is 0.533. The van der Waals surface area contributed by atoms with Crippen molar-refractivity contribution in [1.82, 2.24) is 19.9 Å². The van der Waals surface area contributed by atoms with Gasteiger partial charge >= 0.3 is 0 Å². The number of fused-ring (bicyclic) bond motifs is 4. The van der Waals surface area contributed by atoms with Crippen molar-refractivity contribution in [2.24, 2.45) is 0 Å². The van der Waals surface area contributed by atoms with Crippen LogP contribution in [0.2, 0.25) is 0 Å². The highest BCUT2D eigenvalue weighted by Gasteiger charge is 2.19. The normalized spacial score (nSPS) is 11.5. The van der Waals surface area contributed by atoms with Crippen LogP contribution in [0.25, 0.3) is 99.1 Å². The van der Waals surface area contributed by atoms with Gasteiger partial charge in [-0.2, -0.15) is 0 Å². The van der Waals surface area contributed by atoms with E-state index < -0.39 is 0 Å². The first-order valence-electron chi connectivity index (χ1n) is 17.1. The zero-order chi connectivity index (χ0) is 34.4. The molecule has 10 rings (SSSR count). The number of nitrogens with zero attached hydrogens (tertiary/aromatic N) is 4. The van der Waals surface area contributed by atoms with Crippen LogP contribution in [-0.4, -0.2) is 19.9 Å². The summed E-state index contributed by atoms with van der Waals surface area (Å²) >= 11 is 1.82. The summed E-state index contributed by atoms with van der Waals surface area (Å²) in [5.41, 5.74) is 9.55. The van der Waals surface area contributed by atoms with Crippen LogP contribution in [-0.2, 0) is 0 Å². The molecule has 0 unspecified atom stereocenters. The van der Waals surface area contributed by atoms with Gasteiger partial charge in [-0.25, -0.2) is 19.9 Å². The second-order valence-corrected chi connectivity index (χ2v) is 13.7. The van der Waals surface area contributed by atoms with Crippen molar-refractivity contribution < 1.29 is 4.42 Å². The molecule has 0 aliphatic heterocycles. The van der Waals surface area contributed by atoms with Crippen LogP contribution < -0.4 is 0 Å². The van der Waals surface area contributed by atoms with E-state index in [0.717, 1.165) is 33.4 Å². The van der Waals surface area contributed by atoms with Crippen LogP contribution in [0.4, 0.5) is 0 Å². The Morgan fingerprint density at radius 1 is 0.385 bits per heavy atom. The van der Waals surface area contributed by atoms with E-state index in [1.165, 1.54) is 31.3 Å². The van der Waals surface area contributed by atoms with Crippen molar-refractivity contribution in [3.8, 4) is 67.9 Å². The molecule has 0 aliphatic carbocycles. The summed E-state index contributed by atoms with van der Waals surface area (Å²) in [7, 11) is 0. The Labute approximate surface area is 303 Å². The molecule has 0 N–H and O–H groups in total. The molecule has 7 aromatic carbocycles. The zero-order valence-corrected chi connectivity index (χ0v) is 28.6. The first-order valence-corrected chi connectivity index (χ1v) is 18.0. The third-order valence-corrected chi connectivity index (χ3v) is 10.6. The van der Waals surface area contributed by atoms with Crippen molar-refractivity contribution in [3.05, 3.63) is 170 Å². The molecule has 0 spiro atoms. The second kappa shape index (κ2) is 12.5. The summed E-state index contributed by atoms with van der Waals surface area (Å²) < 4.78 is 8.73. The molecule has 5 nitrogen and oxygen atoms in total. The molecule has 6 heteroatoms. The number of hydrogen-bond donors (Lipinski definition) is 0. The maximum Gasteiger partial charge on any atom is 0.227 e. The molecule has 0 saturated heterocycles. The standard InChI is InChI=1S/C46H28N4OS/c1-4-13-29(14-5-1)32-19-10-20-33(27-32)43-48-44(50-45(49-43)37-23-12-24-39-41(37)47-46(51-39)31-17-8-3-9-18-31)34-25-26-40-38(28-34)36-22-11-21-35(42(36)52-40)30-15-6-2-7-16-30/h1-28H. The maximum absolute atomic E-state index is 6.25. The quantitative estimate of drug-likeness (QED) is 0.174. The fraction of sp³-hybridized carbons (Fsp3) is 0. The molecule has 0 radical (unpaired) electrons. The average molecular weight is 685 g/mol. The SMILES string of the molecule is c1ccc(-c2cccc(-c3nc(-c4ccc5sc6c(-c7ccccc7)cccc6c5c4)nc(-c4cccc5oc(-c6ccccc6)nc45)n3)c2)cc1. The number of oxazole rings is 1. The number of para-hydroxylation sites is 1. The van der Waals surface area contributed by atoms with Gasteiger partial charge in [-0.1, -0.05) is 121 Å². The molecule has 10 aromatic rings. The Morgan fingerprint density at radius 2 is 0.981 bits per heavy atom. The Bertz CT molecular complexity index is 2900. The van der Waals surface area contributed by atoms with Crippen molar-refractivity contribution >= 4 is 42.6 Å². The van der Waals surface area contributed by atoms with Gasteiger partial charge in [0.2, 0.25) is 5.89 Å². The lowest BCUT2D eigenvalue weighted by Crippen LogP contribution is -2.00. The largest absolute Gasteiger partial charge is 0.436 e. The smallest absolute Gasteiger partial charge is 0.227 e. The van der Waals surface area contributed by atoms with Gasteiger partial charge in [0.25, 0.3) is 0 Å². The van der Waals surface area contributed by atoms with Gasteiger partial charge in [0.05, 0.1) is 0 Å². The fourth-order valence-corrected chi connectivity index (χ4v) is 8.06. The van der Waals surface area contributed by atoms with E-state index >= 15 is 0 Å². The van der Waals surface area contributed by atoms with Crippen LogP contribution in [0.1, 0.15) is 0 Å². The topological polar surface area (TPSA) is 64.7 Å². The molecule has 0 amide bonds. The molecule has 244 valence electrons. The number of benzene rings is 7. The summed E-state index contributed by atoms with van der Waals surface area (Å²) in [6.07, 6.45) is 0. The molecular formula is C46H28N4OS. The third kappa shape index (κ3) is 5.34. The predicted molar refractivity (Wildman–Crippen MR) is 213 cm³/mol. The van der Waals surface area contributed by atoms with Gasteiger partial charge in [0.1, 0.15) is 5.52 Å². The Hall–Kier alpha value is -6.76. The number of aromatic nitrogens is 4. The molecule has 52 heavy (non-hydrogen) atoms. The van der Waals surface area contributed by atoms with Gasteiger partial charge in [0.15, 0.2) is 23.1 Å². The van der Waals surface area contributed by atoms with Crippen LogP contribution in [0.5, 0.6) is 0 Å². The van der Waals surface area contributed by atoms with Gasteiger partial charge in [-0.15, -0.1) is 11.3 Å². The molecule has 0 fully saturated rings. The highest BCUT2D eigenvalue weighted by Crippen LogP contribution is 2.41. The summed E-state index contributed by atoms with van der Waals surface area (Å²) in [5.74, 6) is 2.26. The van der Waals surface area contributed by atoms with Crippen molar-refractivity contribution in [2.45, 2.75) is 0 Å². The zero-order valence-electron chi connectivity index (χ0n) is 27.8. The van der Waals surface area contributed by atoms with E-state index in [0.29, 0.717) is 34.5 Å². The summed E-state index contributed by atoms with van der Waals surface area (Å²) in [4.78, 5) is 20.4. The maximum atomic E-state index is 6.25. The summed E-state index contributed by atoms with van der Waals surface area (Å²) in [6.45, 7) is 0. The van der Waals surface area contributed by atoms with Gasteiger partial charge in [-0.05, 0) is 70.8 Å². The summed E-state index contributed by atoms with van der Waals surface area (Å²) in [5, 5.41) is 2.39. The average Bonchev–Trinajstić information content (AvgIpc) is 3.84. The number of thiophene rings is 1. The van der Waals surface area contributed by atoms with Gasteiger partial charge in [0, 0.05) is 42.4 Å². The third-order valence-electron chi connectivity index (χ3n) is 9.38. The lowest BCUT2D eigenvalue weighted by Gasteiger charge is -2.10. The first kappa shape index (κ1) is 30.1. The molecule has 3 heterocycles. The monoisotopic (exact) mass is 684 g/mol. The van der Waals surface area contributed by atoms with E-state index in [1.54, 1.807) is 0 Å². The number of rotatable bonds is 6. The van der Waals surface area contributed by atoms with E-state index in [2.05, 4.69) is 115 Å².